The highest BCUT2D eigenvalue weighted by Crippen LogP contribution is 2.25. The summed E-state index contributed by atoms with van der Waals surface area (Å²) in [5, 5.41) is 3.40. The Hall–Kier alpha value is -2.08. The largest absolute Gasteiger partial charge is 0.330 e. The second kappa shape index (κ2) is 5.53. The van der Waals surface area contributed by atoms with E-state index in [4.69, 9.17) is 11.6 Å². The van der Waals surface area contributed by atoms with Gasteiger partial charge in [-0.3, -0.25) is 9.69 Å². The fraction of sp³-hybridized carbons (Fsp3) is 0.438. The molecule has 1 atom stereocenters. The summed E-state index contributed by atoms with van der Waals surface area (Å²) in [6.07, 6.45) is 1.44. The maximum absolute atomic E-state index is 12.6. The van der Waals surface area contributed by atoms with Gasteiger partial charge in [-0.2, -0.15) is 0 Å². The van der Waals surface area contributed by atoms with E-state index in [-0.39, 0.29) is 18.5 Å². The van der Waals surface area contributed by atoms with Crippen LogP contribution in [0.1, 0.15) is 32.5 Å². The summed E-state index contributed by atoms with van der Waals surface area (Å²) in [7, 11) is 1.86. The quantitative estimate of drug-likeness (QED) is 0.874. The number of amides is 3. The van der Waals surface area contributed by atoms with Crippen LogP contribution >= 0.6 is 11.6 Å². The highest BCUT2D eigenvalue weighted by Gasteiger charge is 2.47. The highest BCUT2D eigenvalue weighted by atomic mass is 35.5. The van der Waals surface area contributed by atoms with Crippen molar-refractivity contribution in [3.05, 3.63) is 29.0 Å². The van der Waals surface area contributed by atoms with Crippen LogP contribution in [0.4, 0.5) is 4.79 Å². The fourth-order valence-corrected chi connectivity index (χ4v) is 3.23. The number of fused-ring (bicyclic) bond motifs is 1. The van der Waals surface area contributed by atoms with Crippen LogP contribution in [0.3, 0.4) is 0 Å². The number of imide groups is 1. The van der Waals surface area contributed by atoms with E-state index in [9.17, 15) is 9.59 Å². The number of hydrogen-bond donors (Lipinski definition) is 1. The molecule has 1 N–H and O–H groups in total. The molecule has 1 saturated heterocycles. The van der Waals surface area contributed by atoms with Gasteiger partial charge in [0.15, 0.2) is 0 Å². The summed E-state index contributed by atoms with van der Waals surface area (Å²) in [5.74, 6) is 0.445. The minimum atomic E-state index is -0.820. The van der Waals surface area contributed by atoms with Crippen molar-refractivity contribution >= 4 is 34.6 Å². The fourth-order valence-electron chi connectivity index (χ4n) is 3.07. The van der Waals surface area contributed by atoms with Crippen molar-refractivity contribution < 1.29 is 9.59 Å². The lowest BCUT2D eigenvalue weighted by Gasteiger charge is -2.20. The third kappa shape index (κ3) is 2.57. The van der Waals surface area contributed by atoms with E-state index in [1.165, 1.54) is 4.90 Å². The molecule has 1 aromatic carbocycles. The first-order chi connectivity index (χ1) is 10.9. The number of benzene rings is 1. The molecule has 0 aliphatic carbocycles. The second-order valence-electron chi connectivity index (χ2n) is 6.12. The van der Waals surface area contributed by atoms with Crippen molar-refractivity contribution in [3.63, 3.8) is 0 Å². The number of carbonyl (C=O) groups excluding carboxylic acids is 2. The standard InChI is InChI=1S/C16H19ClN4O2/c1-4-7-16(2)14(22)21(15(23)19-16)9-13-18-11-8-10(17)5-6-12(11)20(13)3/h5-6,8H,4,7,9H2,1-3H3,(H,19,23)/t16-/m0/s1. The summed E-state index contributed by atoms with van der Waals surface area (Å²) in [6, 6.07) is 5.08. The van der Waals surface area contributed by atoms with Crippen molar-refractivity contribution in [1.29, 1.82) is 0 Å². The molecule has 0 saturated carbocycles. The van der Waals surface area contributed by atoms with Crippen LogP contribution in [0, 0.1) is 0 Å². The van der Waals surface area contributed by atoms with Gasteiger partial charge in [0.1, 0.15) is 11.4 Å². The third-order valence-electron chi connectivity index (χ3n) is 4.33. The molecule has 2 heterocycles. The molecule has 0 radical (unpaired) electrons. The molecule has 1 aromatic heterocycles. The normalized spacial score (nSPS) is 21.3. The summed E-state index contributed by atoms with van der Waals surface area (Å²) in [4.78, 5) is 30.5. The second-order valence-corrected chi connectivity index (χ2v) is 6.56. The zero-order valence-electron chi connectivity index (χ0n) is 13.4. The Morgan fingerprint density at radius 3 is 2.78 bits per heavy atom. The minimum absolute atomic E-state index is 0.146. The molecule has 6 nitrogen and oxygen atoms in total. The van der Waals surface area contributed by atoms with Gasteiger partial charge in [0.05, 0.1) is 17.6 Å². The predicted octanol–water partition coefficient (Wildman–Crippen LogP) is 2.84. The number of imidazole rings is 1. The Morgan fingerprint density at radius 1 is 1.35 bits per heavy atom. The molecular weight excluding hydrogens is 316 g/mol. The van der Waals surface area contributed by atoms with Crippen LogP contribution in [-0.4, -0.2) is 31.9 Å². The van der Waals surface area contributed by atoms with Gasteiger partial charge in [-0.15, -0.1) is 0 Å². The van der Waals surface area contributed by atoms with E-state index in [1.54, 1.807) is 19.1 Å². The number of hydrogen-bond acceptors (Lipinski definition) is 3. The average molecular weight is 335 g/mol. The Balaban J connectivity index is 1.92. The molecule has 122 valence electrons. The molecular formula is C16H19ClN4O2. The first kappa shape index (κ1) is 15.8. The zero-order chi connectivity index (χ0) is 16.8. The topological polar surface area (TPSA) is 67.2 Å². The summed E-state index contributed by atoms with van der Waals surface area (Å²) in [5.41, 5.74) is 0.839. The Morgan fingerprint density at radius 2 is 2.09 bits per heavy atom. The van der Waals surface area contributed by atoms with Crippen LogP contribution < -0.4 is 5.32 Å². The SMILES string of the molecule is CCC[C@]1(C)NC(=O)N(Cc2nc3cc(Cl)ccc3n2C)C1=O. The van der Waals surface area contributed by atoms with E-state index >= 15 is 0 Å². The number of urea groups is 1. The zero-order valence-corrected chi connectivity index (χ0v) is 14.1. The maximum Gasteiger partial charge on any atom is 0.325 e. The van der Waals surface area contributed by atoms with Crippen LogP contribution in [0.2, 0.25) is 5.02 Å². The lowest BCUT2D eigenvalue weighted by molar-refractivity contribution is -0.131. The average Bonchev–Trinajstić information content (AvgIpc) is 2.89. The Labute approximate surface area is 139 Å². The van der Waals surface area contributed by atoms with Crippen molar-refractivity contribution in [2.75, 3.05) is 0 Å². The van der Waals surface area contributed by atoms with Gasteiger partial charge in [0, 0.05) is 12.1 Å². The van der Waals surface area contributed by atoms with Gasteiger partial charge in [-0.25, -0.2) is 9.78 Å². The van der Waals surface area contributed by atoms with E-state index in [2.05, 4.69) is 10.3 Å². The van der Waals surface area contributed by atoms with Gasteiger partial charge >= 0.3 is 6.03 Å². The van der Waals surface area contributed by atoms with E-state index < -0.39 is 5.54 Å². The number of nitrogens with one attached hydrogen (secondary N) is 1. The number of nitrogens with zero attached hydrogens (tertiary/aromatic N) is 3. The molecule has 3 rings (SSSR count). The van der Waals surface area contributed by atoms with Crippen LogP contribution in [0.25, 0.3) is 11.0 Å². The highest BCUT2D eigenvalue weighted by molar-refractivity contribution is 6.31. The lowest BCUT2D eigenvalue weighted by atomic mass is 9.96. The molecule has 2 aromatic rings. The van der Waals surface area contributed by atoms with Crippen LogP contribution in [-0.2, 0) is 18.4 Å². The van der Waals surface area contributed by atoms with Gasteiger partial charge < -0.3 is 9.88 Å². The van der Waals surface area contributed by atoms with Crippen molar-refractivity contribution in [2.24, 2.45) is 7.05 Å². The van der Waals surface area contributed by atoms with E-state index in [0.29, 0.717) is 17.3 Å². The summed E-state index contributed by atoms with van der Waals surface area (Å²) in [6.45, 7) is 3.90. The maximum atomic E-state index is 12.6. The van der Waals surface area contributed by atoms with Gasteiger partial charge in [-0.05, 0) is 31.5 Å². The first-order valence-electron chi connectivity index (χ1n) is 7.60. The number of aromatic nitrogens is 2. The smallest absolute Gasteiger partial charge is 0.325 e. The van der Waals surface area contributed by atoms with Gasteiger partial charge in [-0.1, -0.05) is 24.9 Å². The monoisotopic (exact) mass is 334 g/mol. The van der Waals surface area contributed by atoms with Gasteiger partial charge in [0.25, 0.3) is 5.91 Å². The molecule has 1 aliphatic heterocycles. The number of carbonyl (C=O) groups is 2. The molecule has 7 heteroatoms. The molecule has 23 heavy (non-hydrogen) atoms. The number of rotatable bonds is 4. The molecule has 0 unspecified atom stereocenters. The molecule has 0 spiro atoms. The van der Waals surface area contributed by atoms with E-state index in [1.807, 2.05) is 24.6 Å². The first-order valence-corrected chi connectivity index (χ1v) is 7.98. The van der Waals surface area contributed by atoms with Crippen molar-refractivity contribution in [1.82, 2.24) is 19.8 Å². The summed E-state index contributed by atoms with van der Waals surface area (Å²) >= 11 is 5.99. The molecule has 1 aliphatic rings. The molecule has 0 bridgehead atoms. The lowest BCUT2D eigenvalue weighted by Crippen LogP contribution is -2.43. The number of aryl methyl sites for hydroxylation is 1. The minimum Gasteiger partial charge on any atom is -0.330 e. The van der Waals surface area contributed by atoms with E-state index in [0.717, 1.165) is 17.5 Å². The molecule has 3 amide bonds. The van der Waals surface area contributed by atoms with Crippen molar-refractivity contribution in [2.45, 2.75) is 38.8 Å². The third-order valence-corrected chi connectivity index (χ3v) is 4.57. The van der Waals surface area contributed by atoms with Crippen molar-refractivity contribution in [3.8, 4) is 0 Å². The van der Waals surface area contributed by atoms with Crippen LogP contribution in [0.15, 0.2) is 18.2 Å². The molecule has 1 fully saturated rings. The number of halogens is 1. The Bertz CT molecular complexity index is 801. The summed E-state index contributed by atoms with van der Waals surface area (Å²) < 4.78 is 1.88. The predicted molar refractivity (Wildman–Crippen MR) is 88.1 cm³/mol. The van der Waals surface area contributed by atoms with Crippen LogP contribution in [0.5, 0.6) is 0 Å². The Kier molecular flexibility index (Phi) is 3.80. The van der Waals surface area contributed by atoms with Gasteiger partial charge in [0.2, 0.25) is 0 Å².